The third kappa shape index (κ3) is 4.21. The average molecular weight is 111 g/mol. The summed E-state index contributed by atoms with van der Waals surface area (Å²) in [6.07, 6.45) is 0. The largest absolute Gasteiger partial charge is 0.236 e. The SMILES string of the molecule is CCOOCCl. The zero-order valence-corrected chi connectivity index (χ0v) is 4.36. The van der Waals surface area contributed by atoms with Crippen LogP contribution in [0.5, 0.6) is 0 Å². The molecule has 0 aliphatic heterocycles. The number of rotatable bonds is 3. The van der Waals surface area contributed by atoms with Gasteiger partial charge in [-0.25, -0.2) is 9.78 Å². The lowest BCUT2D eigenvalue weighted by Crippen LogP contribution is -1.88. The van der Waals surface area contributed by atoms with Crippen LogP contribution in [0.1, 0.15) is 6.92 Å². The van der Waals surface area contributed by atoms with Crippen molar-refractivity contribution in [3.8, 4) is 0 Å². The predicted octanol–water partition coefficient (Wildman–Crippen LogP) is 1.15. The molecule has 0 heterocycles. The van der Waals surface area contributed by atoms with Crippen LogP contribution in [0, 0.1) is 0 Å². The van der Waals surface area contributed by atoms with Crippen molar-refractivity contribution in [3.05, 3.63) is 0 Å². The van der Waals surface area contributed by atoms with Gasteiger partial charge in [-0.2, -0.15) is 0 Å². The van der Waals surface area contributed by atoms with E-state index >= 15 is 0 Å². The lowest BCUT2D eigenvalue weighted by atomic mass is 10.9. The molecule has 0 amide bonds. The summed E-state index contributed by atoms with van der Waals surface area (Å²) in [5, 5.41) is 0. The number of hydrogen-bond donors (Lipinski definition) is 0. The summed E-state index contributed by atoms with van der Waals surface area (Å²) in [5.41, 5.74) is 0. The molecule has 0 N–H and O–H groups in total. The van der Waals surface area contributed by atoms with E-state index in [1.54, 1.807) is 0 Å². The van der Waals surface area contributed by atoms with Crippen LogP contribution in [-0.2, 0) is 9.78 Å². The molecule has 3 heteroatoms. The first-order valence-electron chi connectivity index (χ1n) is 1.72. The van der Waals surface area contributed by atoms with Crippen molar-refractivity contribution >= 4 is 11.6 Å². The number of halogens is 1. The van der Waals surface area contributed by atoms with Crippen molar-refractivity contribution in [2.24, 2.45) is 0 Å². The van der Waals surface area contributed by atoms with E-state index in [2.05, 4.69) is 9.78 Å². The predicted molar refractivity (Wildman–Crippen MR) is 23.4 cm³/mol. The number of alkyl halides is 1. The Labute approximate surface area is 41.9 Å². The van der Waals surface area contributed by atoms with Crippen LogP contribution in [0.25, 0.3) is 0 Å². The van der Waals surface area contributed by atoms with Crippen molar-refractivity contribution < 1.29 is 9.78 Å². The van der Waals surface area contributed by atoms with E-state index in [-0.39, 0.29) is 6.07 Å². The summed E-state index contributed by atoms with van der Waals surface area (Å²) in [4.78, 5) is 8.60. The highest BCUT2D eigenvalue weighted by atomic mass is 35.5. The van der Waals surface area contributed by atoms with Crippen molar-refractivity contribution in [1.29, 1.82) is 0 Å². The summed E-state index contributed by atoms with van der Waals surface area (Å²) in [5.74, 6) is 0. The highest BCUT2D eigenvalue weighted by Crippen LogP contribution is 1.78. The molecule has 0 aliphatic carbocycles. The molecule has 0 aromatic rings. The van der Waals surface area contributed by atoms with Gasteiger partial charge < -0.3 is 0 Å². The molecule has 2 nitrogen and oxygen atoms in total. The fourth-order valence-electron chi connectivity index (χ4n) is 0.115. The van der Waals surface area contributed by atoms with E-state index in [9.17, 15) is 0 Å². The monoisotopic (exact) mass is 110 g/mol. The minimum atomic E-state index is 0.105. The quantitative estimate of drug-likeness (QED) is 0.235. The Morgan fingerprint density at radius 2 is 2.17 bits per heavy atom. The van der Waals surface area contributed by atoms with Crippen LogP contribution in [0.4, 0.5) is 0 Å². The van der Waals surface area contributed by atoms with Crippen molar-refractivity contribution in [2.75, 3.05) is 12.7 Å². The third-order valence-electron chi connectivity index (χ3n) is 0.246. The zero-order chi connectivity index (χ0) is 4.83. The van der Waals surface area contributed by atoms with Crippen LogP contribution in [0.3, 0.4) is 0 Å². The third-order valence-corrected chi connectivity index (χ3v) is 0.335. The summed E-state index contributed by atoms with van der Waals surface area (Å²) in [7, 11) is 0. The van der Waals surface area contributed by atoms with E-state index in [4.69, 9.17) is 11.6 Å². The fourth-order valence-corrected chi connectivity index (χ4v) is 0.178. The fraction of sp³-hybridized carbons (Fsp3) is 1.00. The smallest absolute Gasteiger partial charge is 0.156 e. The first-order chi connectivity index (χ1) is 2.91. The van der Waals surface area contributed by atoms with Gasteiger partial charge in [-0.1, -0.05) is 11.6 Å². The molecule has 0 spiro atoms. The van der Waals surface area contributed by atoms with Crippen molar-refractivity contribution in [1.82, 2.24) is 0 Å². The highest BCUT2D eigenvalue weighted by Gasteiger charge is 1.73. The molecule has 0 fully saturated rings. The normalized spacial score (nSPS) is 9.00. The second-order valence-electron chi connectivity index (χ2n) is 0.633. The summed E-state index contributed by atoms with van der Waals surface area (Å²) >= 11 is 5.03. The van der Waals surface area contributed by atoms with Crippen LogP contribution >= 0.6 is 11.6 Å². The molecule has 0 rings (SSSR count). The van der Waals surface area contributed by atoms with E-state index < -0.39 is 0 Å². The Kier molecular flexibility index (Phi) is 5.39. The van der Waals surface area contributed by atoms with Crippen LogP contribution in [-0.4, -0.2) is 12.7 Å². The van der Waals surface area contributed by atoms with Crippen molar-refractivity contribution in [2.45, 2.75) is 6.92 Å². The van der Waals surface area contributed by atoms with E-state index in [0.717, 1.165) is 0 Å². The maximum atomic E-state index is 5.03. The van der Waals surface area contributed by atoms with Gasteiger partial charge in [-0.05, 0) is 6.92 Å². The maximum absolute atomic E-state index is 5.03. The van der Waals surface area contributed by atoms with Gasteiger partial charge in [0.1, 0.15) is 0 Å². The second kappa shape index (κ2) is 5.21. The molecule has 38 valence electrons. The van der Waals surface area contributed by atoms with Crippen LogP contribution in [0.2, 0.25) is 0 Å². The van der Waals surface area contributed by atoms with Crippen LogP contribution < -0.4 is 0 Å². The van der Waals surface area contributed by atoms with Gasteiger partial charge in [0.25, 0.3) is 0 Å². The maximum Gasteiger partial charge on any atom is 0.156 e. The molecular weight excluding hydrogens is 103 g/mol. The Balaban J connectivity index is 2.34. The first-order valence-corrected chi connectivity index (χ1v) is 2.25. The van der Waals surface area contributed by atoms with Gasteiger partial charge in [-0.3, -0.25) is 0 Å². The topological polar surface area (TPSA) is 18.5 Å². The molecule has 0 aromatic heterocycles. The molecule has 0 atom stereocenters. The summed E-state index contributed by atoms with van der Waals surface area (Å²) in [6, 6.07) is 0.105. The van der Waals surface area contributed by atoms with Crippen molar-refractivity contribution in [3.63, 3.8) is 0 Å². The molecule has 0 bridgehead atoms. The molecule has 0 unspecified atom stereocenters. The minimum Gasteiger partial charge on any atom is -0.236 e. The number of hydrogen-bond acceptors (Lipinski definition) is 2. The minimum absolute atomic E-state index is 0.105. The van der Waals surface area contributed by atoms with Gasteiger partial charge in [0, 0.05) is 0 Å². The lowest BCUT2D eigenvalue weighted by Gasteiger charge is -1.90. The Morgan fingerprint density at radius 1 is 1.50 bits per heavy atom. The summed E-state index contributed by atoms with van der Waals surface area (Å²) < 4.78 is 0. The van der Waals surface area contributed by atoms with E-state index in [1.165, 1.54) is 0 Å². The molecule has 0 saturated carbocycles. The standard InChI is InChI=1S/C3H7ClO2/c1-2-5-6-3-4/h2-3H2,1H3. The van der Waals surface area contributed by atoms with Gasteiger partial charge in [-0.15, -0.1) is 0 Å². The van der Waals surface area contributed by atoms with Gasteiger partial charge in [0.2, 0.25) is 0 Å². The van der Waals surface area contributed by atoms with Gasteiger partial charge in [0.15, 0.2) is 6.07 Å². The van der Waals surface area contributed by atoms with Gasteiger partial charge >= 0.3 is 0 Å². The molecule has 0 aromatic carbocycles. The lowest BCUT2D eigenvalue weighted by molar-refractivity contribution is -0.276. The highest BCUT2D eigenvalue weighted by molar-refractivity contribution is 6.17. The first kappa shape index (κ1) is 6.21. The van der Waals surface area contributed by atoms with Crippen LogP contribution in [0.15, 0.2) is 0 Å². The Morgan fingerprint density at radius 3 is 2.33 bits per heavy atom. The molecule has 0 saturated heterocycles. The Bertz CT molecular complexity index is 20.8. The molecule has 0 radical (unpaired) electrons. The average Bonchev–Trinajstić information content (AvgIpc) is 1.61. The zero-order valence-electron chi connectivity index (χ0n) is 3.61. The van der Waals surface area contributed by atoms with E-state index in [1.807, 2.05) is 6.92 Å². The Hall–Kier alpha value is 0.210. The second-order valence-corrected chi connectivity index (χ2v) is 0.852. The molecule has 0 aliphatic rings. The summed E-state index contributed by atoms with van der Waals surface area (Å²) in [6.45, 7) is 2.37. The molecule has 6 heavy (non-hydrogen) atoms. The van der Waals surface area contributed by atoms with E-state index in [0.29, 0.717) is 6.61 Å². The van der Waals surface area contributed by atoms with Gasteiger partial charge in [0.05, 0.1) is 6.61 Å². The molecular formula is C3H7ClO2.